The lowest BCUT2D eigenvalue weighted by atomic mass is 10.2. The zero-order valence-corrected chi connectivity index (χ0v) is 14.1. The van der Waals surface area contributed by atoms with E-state index in [4.69, 9.17) is 21.1 Å². The summed E-state index contributed by atoms with van der Waals surface area (Å²) in [6.07, 6.45) is 1.51. The minimum absolute atomic E-state index is 0.452. The number of hydrazone groups is 1. The van der Waals surface area contributed by atoms with Gasteiger partial charge < -0.3 is 14.8 Å². The summed E-state index contributed by atoms with van der Waals surface area (Å²) in [5, 5.41) is 7.13. The first-order valence-corrected chi connectivity index (χ1v) is 7.66. The smallest absolute Gasteiger partial charge is 0.339 e. The first kappa shape index (κ1) is 17.6. The van der Waals surface area contributed by atoms with Gasteiger partial charge in [0.25, 0.3) is 0 Å². The predicted octanol–water partition coefficient (Wildman–Crippen LogP) is 3.90. The van der Waals surface area contributed by atoms with Gasteiger partial charge in [0, 0.05) is 10.7 Å². The van der Waals surface area contributed by atoms with Crippen molar-refractivity contribution >= 4 is 29.5 Å². The van der Waals surface area contributed by atoms with Crippen LogP contribution < -0.4 is 20.2 Å². The van der Waals surface area contributed by atoms with Crippen LogP contribution in [0.15, 0.2) is 47.6 Å². The van der Waals surface area contributed by atoms with Gasteiger partial charge in [-0.2, -0.15) is 5.10 Å². The van der Waals surface area contributed by atoms with Gasteiger partial charge in [-0.05, 0) is 55.0 Å². The van der Waals surface area contributed by atoms with Gasteiger partial charge in [-0.1, -0.05) is 11.6 Å². The van der Waals surface area contributed by atoms with Gasteiger partial charge in [0.15, 0.2) is 11.5 Å². The van der Waals surface area contributed by atoms with Gasteiger partial charge in [-0.25, -0.2) is 10.2 Å². The molecule has 0 heterocycles. The first-order valence-electron chi connectivity index (χ1n) is 7.29. The predicted molar refractivity (Wildman–Crippen MR) is 95.4 cm³/mol. The number of hydrogen-bond acceptors (Lipinski definition) is 4. The number of urea groups is 1. The van der Waals surface area contributed by atoms with E-state index < -0.39 is 6.03 Å². The second-order valence-electron chi connectivity index (χ2n) is 4.67. The number of ether oxygens (including phenoxy) is 2. The van der Waals surface area contributed by atoms with Crippen LogP contribution in [0, 0.1) is 0 Å². The van der Waals surface area contributed by atoms with E-state index in [1.54, 1.807) is 43.5 Å². The summed E-state index contributed by atoms with van der Waals surface area (Å²) in [6.45, 7) is 2.45. The average molecular weight is 348 g/mol. The Bertz CT molecular complexity index is 718. The van der Waals surface area contributed by atoms with Crippen LogP contribution in [0.2, 0.25) is 5.02 Å². The Labute approximate surface area is 145 Å². The number of nitrogens with one attached hydrogen (secondary N) is 2. The highest BCUT2D eigenvalue weighted by Gasteiger charge is 2.04. The standard InChI is InChI=1S/C17H18ClN3O3/c1-3-24-15-9-4-12(10-16(15)23-2)11-19-21-17(22)20-14-7-5-13(18)6-8-14/h4-11H,3H2,1-2H3,(H2,20,21,22)/b19-11-. The number of rotatable bonds is 6. The number of hydrogen-bond donors (Lipinski definition) is 2. The Balaban J connectivity index is 1.93. The molecule has 24 heavy (non-hydrogen) atoms. The Morgan fingerprint density at radius 1 is 1.21 bits per heavy atom. The number of amides is 2. The minimum atomic E-state index is -0.452. The topological polar surface area (TPSA) is 72.0 Å². The molecule has 2 N–H and O–H groups in total. The molecule has 0 saturated heterocycles. The molecular formula is C17H18ClN3O3. The summed E-state index contributed by atoms with van der Waals surface area (Å²) in [7, 11) is 1.57. The van der Waals surface area contributed by atoms with E-state index in [1.807, 2.05) is 13.0 Å². The van der Waals surface area contributed by atoms with Crippen LogP contribution in [-0.4, -0.2) is 26.0 Å². The number of anilines is 1. The summed E-state index contributed by atoms with van der Waals surface area (Å²) in [4.78, 5) is 11.7. The largest absolute Gasteiger partial charge is 0.493 e. The van der Waals surface area contributed by atoms with Crippen LogP contribution in [-0.2, 0) is 0 Å². The van der Waals surface area contributed by atoms with Crippen LogP contribution in [0.3, 0.4) is 0 Å². The van der Waals surface area contributed by atoms with Crippen LogP contribution in [0.25, 0.3) is 0 Å². The molecule has 0 aliphatic rings. The average Bonchev–Trinajstić information content (AvgIpc) is 2.58. The summed E-state index contributed by atoms with van der Waals surface area (Å²) in [5.74, 6) is 1.26. The van der Waals surface area contributed by atoms with E-state index in [2.05, 4.69) is 15.8 Å². The Morgan fingerprint density at radius 3 is 2.62 bits per heavy atom. The fraction of sp³-hybridized carbons (Fsp3) is 0.176. The second-order valence-corrected chi connectivity index (χ2v) is 5.11. The Hall–Kier alpha value is -2.73. The van der Waals surface area contributed by atoms with Gasteiger partial charge in [0.2, 0.25) is 0 Å². The number of carbonyl (C=O) groups excluding carboxylic acids is 1. The van der Waals surface area contributed by atoms with Crippen LogP contribution >= 0.6 is 11.6 Å². The molecule has 0 atom stereocenters. The summed E-state index contributed by atoms with van der Waals surface area (Å²) in [5.41, 5.74) is 3.77. The third-order valence-corrected chi connectivity index (χ3v) is 3.22. The van der Waals surface area contributed by atoms with Crippen LogP contribution in [0.5, 0.6) is 11.5 Å². The molecule has 0 fully saturated rings. The molecular weight excluding hydrogens is 330 g/mol. The Morgan fingerprint density at radius 2 is 1.96 bits per heavy atom. The SMILES string of the molecule is CCOc1ccc(/C=N\NC(=O)Nc2ccc(Cl)cc2)cc1OC. The molecule has 0 aliphatic carbocycles. The van der Waals surface area contributed by atoms with Crippen molar-refractivity contribution in [2.75, 3.05) is 19.0 Å². The number of benzene rings is 2. The fourth-order valence-corrected chi connectivity index (χ4v) is 2.02. The van der Waals surface area contributed by atoms with Gasteiger partial charge in [0.05, 0.1) is 19.9 Å². The molecule has 0 aromatic heterocycles. The van der Waals surface area contributed by atoms with Gasteiger partial charge >= 0.3 is 6.03 Å². The normalized spacial score (nSPS) is 10.5. The van der Waals surface area contributed by atoms with E-state index >= 15 is 0 Å². The van der Waals surface area contributed by atoms with Gasteiger partial charge in [-0.15, -0.1) is 0 Å². The maximum atomic E-state index is 11.7. The molecule has 0 bridgehead atoms. The lowest BCUT2D eigenvalue weighted by Crippen LogP contribution is -2.24. The lowest BCUT2D eigenvalue weighted by molar-refractivity contribution is 0.252. The molecule has 0 saturated carbocycles. The second kappa shape index (κ2) is 8.79. The molecule has 0 radical (unpaired) electrons. The molecule has 0 aliphatic heterocycles. The van der Waals surface area contributed by atoms with Crippen molar-refractivity contribution in [3.05, 3.63) is 53.1 Å². The van der Waals surface area contributed by atoms with E-state index in [0.29, 0.717) is 28.8 Å². The van der Waals surface area contributed by atoms with Crippen molar-refractivity contribution in [3.63, 3.8) is 0 Å². The van der Waals surface area contributed by atoms with Crippen molar-refractivity contribution in [1.82, 2.24) is 5.43 Å². The maximum Gasteiger partial charge on any atom is 0.339 e. The zero-order chi connectivity index (χ0) is 17.4. The number of methoxy groups -OCH3 is 1. The van der Waals surface area contributed by atoms with Crippen molar-refractivity contribution < 1.29 is 14.3 Å². The third-order valence-electron chi connectivity index (χ3n) is 2.97. The van der Waals surface area contributed by atoms with Gasteiger partial charge in [0.1, 0.15) is 0 Å². The molecule has 7 heteroatoms. The number of nitrogens with zero attached hydrogens (tertiary/aromatic N) is 1. The summed E-state index contributed by atoms with van der Waals surface area (Å²) < 4.78 is 10.7. The third kappa shape index (κ3) is 5.17. The Kier molecular flexibility index (Phi) is 6.45. The van der Waals surface area contributed by atoms with Crippen LogP contribution in [0.1, 0.15) is 12.5 Å². The highest BCUT2D eigenvalue weighted by molar-refractivity contribution is 6.30. The molecule has 126 valence electrons. The minimum Gasteiger partial charge on any atom is -0.493 e. The molecule has 0 unspecified atom stereocenters. The summed E-state index contributed by atoms with van der Waals surface area (Å²) >= 11 is 5.78. The zero-order valence-electron chi connectivity index (χ0n) is 13.4. The highest BCUT2D eigenvalue weighted by atomic mass is 35.5. The van der Waals surface area contributed by atoms with Crippen molar-refractivity contribution in [2.24, 2.45) is 5.10 Å². The summed E-state index contributed by atoms with van der Waals surface area (Å²) in [6, 6.07) is 11.7. The monoisotopic (exact) mass is 347 g/mol. The lowest BCUT2D eigenvalue weighted by Gasteiger charge is -2.09. The molecule has 2 amide bonds. The highest BCUT2D eigenvalue weighted by Crippen LogP contribution is 2.27. The molecule has 2 aromatic rings. The maximum absolute atomic E-state index is 11.7. The van der Waals surface area contributed by atoms with E-state index in [-0.39, 0.29) is 0 Å². The quantitative estimate of drug-likeness (QED) is 0.615. The first-order chi connectivity index (χ1) is 11.6. The number of carbonyl (C=O) groups is 1. The molecule has 6 nitrogen and oxygen atoms in total. The molecule has 0 spiro atoms. The van der Waals surface area contributed by atoms with E-state index in [9.17, 15) is 4.79 Å². The van der Waals surface area contributed by atoms with Crippen molar-refractivity contribution in [3.8, 4) is 11.5 Å². The fourth-order valence-electron chi connectivity index (χ4n) is 1.90. The molecule has 2 aromatic carbocycles. The van der Waals surface area contributed by atoms with E-state index in [0.717, 1.165) is 5.56 Å². The van der Waals surface area contributed by atoms with Crippen molar-refractivity contribution in [2.45, 2.75) is 6.92 Å². The van der Waals surface area contributed by atoms with Crippen LogP contribution in [0.4, 0.5) is 10.5 Å². The number of halogens is 1. The molecule has 2 rings (SSSR count). The van der Waals surface area contributed by atoms with E-state index in [1.165, 1.54) is 6.21 Å². The van der Waals surface area contributed by atoms with Gasteiger partial charge in [-0.3, -0.25) is 0 Å². The van der Waals surface area contributed by atoms with Crippen molar-refractivity contribution in [1.29, 1.82) is 0 Å².